The number of carbonyl (C=O) groups excluding carboxylic acids is 4. The van der Waals surface area contributed by atoms with Gasteiger partial charge >= 0.3 is 5.97 Å². The number of phenols is 1. The SMILES string of the molecule is C=CCN(CC=C)[C@@H](Cc1ccc(O)cc1)C(=O)NC(C)(C)C(=O)NC(C)(C)C(=O)N[C@@H](Cc1ccc(N=C=S)cc1)C(=O)N[C@@H](CC(C)C)C(=O)O. The van der Waals surface area contributed by atoms with E-state index in [1.807, 2.05) is 18.7 Å². The van der Waals surface area contributed by atoms with Crippen molar-refractivity contribution in [2.45, 2.75) is 90.0 Å². The number of aliphatic imine (C=N–C) groups is 1. The van der Waals surface area contributed by atoms with Crippen molar-refractivity contribution in [3.63, 3.8) is 0 Å². The lowest BCUT2D eigenvalue weighted by Crippen LogP contribution is -2.65. The molecule has 6 N–H and O–H groups in total. The number of hydrogen-bond acceptors (Lipinski definition) is 9. The van der Waals surface area contributed by atoms with Gasteiger partial charge in [-0.3, -0.25) is 24.1 Å². The van der Waals surface area contributed by atoms with Crippen LogP contribution in [0.4, 0.5) is 5.69 Å². The molecule has 0 saturated heterocycles. The van der Waals surface area contributed by atoms with Crippen LogP contribution in [0.25, 0.3) is 0 Å². The summed E-state index contributed by atoms with van der Waals surface area (Å²) in [6.07, 6.45) is 3.73. The van der Waals surface area contributed by atoms with Crippen LogP contribution in [0.1, 0.15) is 59.1 Å². The second kappa shape index (κ2) is 20.2. The highest BCUT2D eigenvalue weighted by atomic mass is 32.1. The minimum absolute atomic E-state index is 0.00686. The van der Waals surface area contributed by atoms with Gasteiger partial charge < -0.3 is 31.5 Å². The summed E-state index contributed by atoms with van der Waals surface area (Å²) in [5.74, 6) is -3.73. The van der Waals surface area contributed by atoms with Crippen LogP contribution >= 0.6 is 12.2 Å². The van der Waals surface area contributed by atoms with Gasteiger partial charge in [0.05, 0.1) is 16.9 Å². The van der Waals surface area contributed by atoms with Crippen molar-refractivity contribution in [3.05, 3.63) is 85.0 Å². The highest BCUT2D eigenvalue weighted by Gasteiger charge is 2.40. The predicted octanol–water partition coefficient (Wildman–Crippen LogP) is 3.84. The maximum absolute atomic E-state index is 13.8. The quantitative estimate of drug-likeness (QED) is 0.0626. The van der Waals surface area contributed by atoms with E-state index in [0.29, 0.717) is 24.3 Å². The molecule has 0 radical (unpaired) electrons. The molecule has 3 atom stereocenters. The Morgan fingerprint density at radius 3 is 1.85 bits per heavy atom. The van der Waals surface area contributed by atoms with Crippen LogP contribution in [0.3, 0.4) is 0 Å². The molecule has 13 nitrogen and oxygen atoms in total. The molecule has 53 heavy (non-hydrogen) atoms. The third-order valence-electron chi connectivity index (χ3n) is 8.33. The Kier molecular flexibility index (Phi) is 16.7. The average Bonchev–Trinajstić information content (AvgIpc) is 3.07. The Balaban J connectivity index is 2.31. The Bertz CT molecular complexity index is 1660. The van der Waals surface area contributed by atoms with E-state index in [1.54, 1.807) is 48.6 Å². The Morgan fingerprint density at radius 1 is 0.811 bits per heavy atom. The number of carbonyl (C=O) groups is 5. The molecule has 0 aliphatic carbocycles. The zero-order chi connectivity index (χ0) is 39.9. The van der Waals surface area contributed by atoms with Crippen molar-refractivity contribution < 1.29 is 34.2 Å². The lowest BCUT2D eigenvalue weighted by atomic mass is 9.96. The maximum atomic E-state index is 13.8. The first-order valence-electron chi connectivity index (χ1n) is 17.2. The molecule has 0 aromatic heterocycles. The number of benzene rings is 2. The number of carboxylic acids is 1. The van der Waals surface area contributed by atoms with Crippen molar-refractivity contribution in [2.75, 3.05) is 13.1 Å². The molecule has 0 spiro atoms. The lowest BCUT2D eigenvalue weighted by Gasteiger charge is -2.35. The number of nitrogens with zero attached hydrogens (tertiary/aromatic N) is 2. The fraction of sp³-hybridized carbons (Fsp3) is 0.436. The monoisotopic (exact) mass is 748 g/mol. The number of rotatable bonds is 21. The number of thiocarbonyl (C=S) groups is 1. The molecule has 2 rings (SSSR count). The van der Waals surface area contributed by atoms with Crippen molar-refractivity contribution in [1.29, 1.82) is 0 Å². The van der Waals surface area contributed by atoms with E-state index in [9.17, 15) is 34.2 Å². The Hall–Kier alpha value is -5.17. The summed E-state index contributed by atoms with van der Waals surface area (Å²) in [5, 5.41) is 32.5. The Labute approximate surface area is 317 Å². The summed E-state index contributed by atoms with van der Waals surface area (Å²) in [6, 6.07) is 10.0. The fourth-order valence-corrected chi connectivity index (χ4v) is 5.46. The van der Waals surface area contributed by atoms with E-state index in [1.165, 1.54) is 39.8 Å². The van der Waals surface area contributed by atoms with Crippen molar-refractivity contribution in [2.24, 2.45) is 10.9 Å². The highest BCUT2D eigenvalue weighted by molar-refractivity contribution is 7.78. The lowest BCUT2D eigenvalue weighted by molar-refractivity contribution is -0.143. The van der Waals surface area contributed by atoms with E-state index in [-0.39, 0.29) is 30.9 Å². The van der Waals surface area contributed by atoms with Gasteiger partial charge in [-0.25, -0.2) is 4.79 Å². The summed E-state index contributed by atoms with van der Waals surface area (Å²) in [6.45, 7) is 17.9. The van der Waals surface area contributed by atoms with Crippen LogP contribution in [0, 0.1) is 5.92 Å². The Morgan fingerprint density at radius 2 is 1.34 bits per heavy atom. The molecule has 0 aliphatic heterocycles. The first kappa shape index (κ1) is 44.0. The van der Waals surface area contributed by atoms with Gasteiger partial charge in [-0.2, -0.15) is 4.99 Å². The molecule has 2 aromatic rings. The van der Waals surface area contributed by atoms with Crippen LogP contribution in [0.5, 0.6) is 5.75 Å². The molecule has 0 bridgehead atoms. The van der Waals surface area contributed by atoms with E-state index < -0.39 is 58.8 Å². The number of aromatic hydroxyl groups is 1. The largest absolute Gasteiger partial charge is 0.508 e. The second-order valence-electron chi connectivity index (χ2n) is 14.2. The predicted molar refractivity (Wildman–Crippen MR) is 208 cm³/mol. The first-order chi connectivity index (χ1) is 24.8. The normalized spacial score (nSPS) is 13.1. The molecular formula is C39H52N6O7S. The number of nitrogens with one attached hydrogen (secondary N) is 4. The minimum Gasteiger partial charge on any atom is -0.508 e. The second-order valence-corrected chi connectivity index (χ2v) is 14.4. The molecule has 286 valence electrons. The molecule has 4 amide bonds. The van der Waals surface area contributed by atoms with Crippen LogP contribution < -0.4 is 21.3 Å². The maximum Gasteiger partial charge on any atom is 0.326 e. The van der Waals surface area contributed by atoms with E-state index in [0.717, 1.165) is 5.56 Å². The number of hydrogen-bond donors (Lipinski definition) is 6. The average molecular weight is 749 g/mol. The zero-order valence-corrected chi connectivity index (χ0v) is 32.1. The van der Waals surface area contributed by atoms with E-state index >= 15 is 0 Å². The highest BCUT2D eigenvalue weighted by Crippen LogP contribution is 2.18. The van der Waals surface area contributed by atoms with Crippen LogP contribution in [0.2, 0.25) is 0 Å². The molecular weight excluding hydrogens is 697 g/mol. The summed E-state index contributed by atoms with van der Waals surface area (Å²) < 4.78 is 0. The molecule has 0 fully saturated rings. The topological polar surface area (TPSA) is 190 Å². The van der Waals surface area contributed by atoms with Crippen molar-refractivity contribution in [3.8, 4) is 5.75 Å². The standard InChI is InChI=1S/C39H52N6O7S/c1-9-19-45(20-10-2)32(23-27-13-17-29(46)18-14-27)34(48)43-39(7,8)37(52)44-38(5,6)36(51)42-30(22-26-11-15-28(16-12-26)40-24-53)33(47)41-31(35(49)50)21-25(3)4/h9-18,25,30-32,46H,1-2,19-23H2,3-8H3,(H,41,47)(H,42,51)(H,43,48)(H,44,52)(H,49,50)/t30-,31-,32-/m0/s1. The summed E-state index contributed by atoms with van der Waals surface area (Å²) in [5.41, 5.74) is -1.15. The van der Waals surface area contributed by atoms with Gasteiger partial charge in [-0.15, -0.1) is 13.2 Å². The zero-order valence-electron chi connectivity index (χ0n) is 31.3. The molecule has 2 aromatic carbocycles. The summed E-state index contributed by atoms with van der Waals surface area (Å²) in [4.78, 5) is 72.6. The summed E-state index contributed by atoms with van der Waals surface area (Å²) in [7, 11) is 0. The third kappa shape index (κ3) is 14.1. The number of amides is 4. The molecule has 0 saturated carbocycles. The van der Waals surface area contributed by atoms with Gasteiger partial charge in [0.1, 0.15) is 28.9 Å². The van der Waals surface area contributed by atoms with Gasteiger partial charge in [0, 0.05) is 19.5 Å². The number of aliphatic carboxylic acids is 1. The van der Waals surface area contributed by atoms with Gasteiger partial charge in [-0.1, -0.05) is 50.3 Å². The summed E-state index contributed by atoms with van der Waals surface area (Å²) >= 11 is 4.65. The van der Waals surface area contributed by atoms with Gasteiger partial charge in [0.25, 0.3) is 0 Å². The number of carboxylic acid groups (broad SMARTS) is 1. The number of phenolic OH excluding ortho intramolecular Hbond substituents is 1. The van der Waals surface area contributed by atoms with Crippen LogP contribution in [-0.2, 0) is 36.8 Å². The van der Waals surface area contributed by atoms with Gasteiger partial charge in [-0.05, 0) is 94.1 Å². The van der Waals surface area contributed by atoms with Crippen molar-refractivity contribution in [1.82, 2.24) is 26.2 Å². The van der Waals surface area contributed by atoms with E-state index in [4.69, 9.17) is 0 Å². The third-order valence-corrected chi connectivity index (χ3v) is 8.42. The minimum atomic E-state index is -1.59. The molecule has 0 heterocycles. The molecule has 14 heteroatoms. The van der Waals surface area contributed by atoms with Gasteiger partial charge in [0.15, 0.2) is 0 Å². The molecule has 0 unspecified atom stereocenters. The molecule has 0 aliphatic rings. The van der Waals surface area contributed by atoms with Gasteiger partial charge in [0.2, 0.25) is 23.6 Å². The van der Waals surface area contributed by atoms with Crippen molar-refractivity contribution >= 4 is 52.7 Å². The smallest absolute Gasteiger partial charge is 0.326 e. The van der Waals surface area contributed by atoms with Crippen LogP contribution in [0.15, 0.2) is 78.8 Å². The fourth-order valence-electron chi connectivity index (χ4n) is 5.36. The van der Waals surface area contributed by atoms with Crippen LogP contribution in [-0.4, -0.2) is 92.2 Å². The van der Waals surface area contributed by atoms with E-state index in [2.05, 4.69) is 56.8 Å². The number of isothiocyanates is 1. The first-order valence-corrected chi connectivity index (χ1v) is 17.6.